The molecule has 2 N–H and O–H groups in total. The Morgan fingerprint density at radius 3 is 2.62 bits per heavy atom. The van der Waals surface area contributed by atoms with Crippen molar-refractivity contribution in [3.8, 4) is 0 Å². The van der Waals surface area contributed by atoms with Gasteiger partial charge < -0.3 is 10.4 Å². The third-order valence-electron chi connectivity index (χ3n) is 4.94. The molecule has 0 aliphatic carbocycles. The van der Waals surface area contributed by atoms with Crippen molar-refractivity contribution in [3.63, 3.8) is 0 Å². The maximum absolute atomic E-state index is 12.7. The normalized spacial score (nSPS) is 24.2. The first kappa shape index (κ1) is 17.4. The van der Waals surface area contributed by atoms with Gasteiger partial charge in [-0.25, -0.2) is 8.42 Å². The summed E-state index contributed by atoms with van der Waals surface area (Å²) in [5, 5.41) is 12.1. The number of sulfonamides is 1. The van der Waals surface area contributed by atoms with Crippen molar-refractivity contribution in [2.75, 3.05) is 13.1 Å². The van der Waals surface area contributed by atoms with Crippen molar-refractivity contribution in [1.82, 2.24) is 9.62 Å². The smallest absolute Gasteiger partial charge is 0.309 e. The molecule has 7 nitrogen and oxygen atoms in total. The predicted octanol–water partition coefficient (Wildman–Crippen LogP) is 1.05. The van der Waals surface area contributed by atoms with E-state index in [0.717, 1.165) is 11.3 Å². The highest BCUT2D eigenvalue weighted by molar-refractivity contribution is 7.91. The summed E-state index contributed by atoms with van der Waals surface area (Å²) < 4.78 is 27.2. The third-order valence-corrected chi connectivity index (χ3v) is 8.53. The molecule has 1 unspecified atom stereocenters. The number of carboxylic acid groups (broad SMARTS) is 1. The Labute approximate surface area is 144 Å². The van der Waals surface area contributed by atoms with E-state index in [9.17, 15) is 23.1 Å². The lowest BCUT2D eigenvalue weighted by Crippen LogP contribution is -2.56. The largest absolute Gasteiger partial charge is 0.481 e. The van der Waals surface area contributed by atoms with E-state index in [1.807, 2.05) is 13.0 Å². The average Bonchev–Trinajstić information content (AvgIpc) is 3.13. The van der Waals surface area contributed by atoms with Crippen molar-refractivity contribution in [2.24, 2.45) is 5.92 Å². The monoisotopic (exact) mass is 372 g/mol. The van der Waals surface area contributed by atoms with Gasteiger partial charge in [-0.15, -0.1) is 11.3 Å². The fourth-order valence-electron chi connectivity index (χ4n) is 3.53. The number of amides is 1. The number of carboxylic acids is 1. The van der Waals surface area contributed by atoms with Crippen LogP contribution in [0.4, 0.5) is 0 Å². The van der Waals surface area contributed by atoms with Crippen LogP contribution >= 0.6 is 11.3 Å². The lowest BCUT2D eigenvalue weighted by atomic mass is 9.78. The van der Waals surface area contributed by atoms with Crippen LogP contribution < -0.4 is 5.32 Å². The standard InChI is InChI=1S/C15H20N2O5S2/c1-2-10-3-4-13(23-10)24(21,22)17-7-5-15(6-8-17)11(14(19)20)9-12(18)16-15/h3-4,11H,2,5-9H2,1H3,(H,16,18)(H,19,20). The minimum atomic E-state index is -3.56. The molecule has 2 saturated heterocycles. The highest BCUT2D eigenvalue weighted by Crippen LogP contribution is 2.38. The summed E-state index contributed by atoms with van der Waals surface area (Å²) in [6.07, 6.45) is 1.39. The maximum atomic E-state index is 12.7. The van der Waals surface area contributed by atoms with Gasteiger partial charge in [-0.1, -0.05) is 6.92 Å². The average molecular weight is 372 g/mol. The second kappa shape index (κ2) is 6.12. The van der Waals surface area contributed by atoms with Crippen LogP contribution in [0.25, 0.3) is 0 Å². The molecule has 0 aromatic carbocycles. The zero-order valence-electron chi connectivity index (χ0n) is 13.3. The van der Waals surface area contributed by atoms with Crippen molar-refractivity contribution >= 4 is 33.2 Å². The van der Waals surface area contributed by atoms with E-state index in [1.54, 1.807) is 6.07 Å². The number of hydrogen-bond acceptors (Lipinski definition) is 5. The third kappa shape index (κ3) is 2.84. The zero-order chi connectivity index (χ0) is 17.5. The molecule has 9 heteroatoms. The number of carbonyl (C=O) groups is 2. The molecule has 24 heavy (non-hydrogen) atoms. The summed E-state index contributed by atoms with van der Waals surface area (Å²) in [5.41, 5.74) is -0.820. The van der Waals surface area contributed by atoms with Gasteiger partial charge in [0.25, 0.3) is 10.0 Å². The summed E-state index contributed by atoms with van der Waals surface area (Å²) in [7, 11) is -3.56. The Hall–Kier alpha value is -1.45. The van der Waals surface area contributed by atoms with Crippen LogP contribution in [-0.4, -0.2) is 48.3 Å². The highest BCUT2D eigenvalue weighted by atomic mass is 32.2. The van der Waals surface area contributed by atoms with Crippen molar-refractivity contribution < 1.29 is 23.1 Å². The number of aryl methyl sites for hydroxylation is 1. The molecule has 132 valence electrons. The predicted molar refractivity (Wildman–Crippen MR) is 88.3 cm³/mol. The molecule has 2 aliphatic heterocycles. The molecule has 0 saturated carbocycles. The van der Waals surface area contributed by atoms with Gasteiger partial charge in [0.1, 0.15) is 4.21 Å². The van der Waals surface area contributed by atoms with Gasteiger partial charge in [-0.2, -0.15) is 4.31 Å². The number of hydrogen-bond donors (Lipinski definition) is 2. The summed E-state index contributed by atoms with van der Waals surface area (Å²) in [6.45, 7) is 2.40. The van der Waals surface area contributed by atoms with E-state index in [-0.39, 0.29) is 25.4 Å². The van der Waals surface area contributed by atoms with Crippen LogP contribution in [-0.2, 0) is 26.0 Å². The van der Waals surface area contributed by atoms with Crippen LogP contribution in [0, 0.1) is 5.92 Å². The Kier molecular flexibility index (Phi) is 4.43. The molecule has 1 aromatic heterocycles. The first-order valence-corrected chi connectivity index (χ1v) is 10.2. The van der Waals surface area contributed by atoms with Crippen molar-refractivity contribution in [2.45, 2.75) is 42.4 Å². The number of thiophene rings is 1. The maximum Gasteiger partial charge on any atom is 0.309 e. The second-order valence-corrected chi connectivity index (χ2v) is 9.61. The lowest BCUT2D eigenvalue weighted by molar-refractivity contribution is -0.144. The second-order valence-electron chi connectivity index (χ2n) is 6.28. The van der Waals surface area contributed by atoms with Gasteiger partial charge >= 0.3 is 5.97 Å². The fourth-order valence-corrected chi connectivity index (χ4v) is 6.42. The molecule has 0 bridgehead atoms. The SMILES string of the molecule is CCc1ccc(S(=O)(=O)N2CCC3(CC2)NC(=O)CC3C(=O)O)s1. The van der Waals surface area contributed by atoms with E-state index >= 15 is 0 Å². The van der Waals surface area contributed by atoms with Crippen LogP contribution in [0.2, 0.25) is 0 Å². The van der Waals surface area contributed by atoms with Gasteiger partial charge in [0.15, 0.2) is 0 Å². The van der Waals surface area contributed by atoms with Gasteiger partial charge in [0.05, 0.1) is 11.5 Å². The molecule has 2 fully saturated rings. The van der Waals surface area contributed by atoms with Gasteiger partial charge in [0, 0.05) is 24.4 Å². The summed E-state index contributed by atoms with van der Waals surface area (Å²) >= 11 is 1.27. The molecule has 1 aromatic rings. The summed E-state index contributed by atoms with van der Waals surface area (Å²) in [6, 6.07) is 3.45. The molecule has 0 radical (unpaired) electrons. The van der Waals surface area contributed by atoms with E-state index in [2.05, 4.69) is 5.32 Å². The van der Waals surface area contributed by atoms with E-state index < -0.39 is 27.4 Å². The Morgan fingerprint density at radius 2 is 2.08 bits per heavy atom. The zero-order valence-corrected chi connectivity index (χ0v) is 15.0. The number of piperidine rings is 1. The first-order valence-electron chi connectivity index (χ1n) is 7.91. The van der Waals surface area contributed by atoms with Crippen molar-refractivity contribution in [3.05, 3.63) is 17.0 Å². The molecule has 1 spiro atoms. The fraction of sp³-hybridized carbons (Fsp3) is 0.600. The van der Waals surface area contributed by atoms with E-state index in [1.165, 1.54) is 15.6 Å². The topological polar surface area (TPSA) is 104 Å². The number of carbonyl (C=O) groups excluding carboxylic acids is 1. The Balaban J connectivity index is 1.77. The Bertz CT molecular complexity index is 763. The van der Waals surface area contributed by atoms with Gasteiger partial charge in [-0.05, 0) is 31.4 Å². The van der Waals surface area contributed by atoms with E-state index in [0.29, 0.717) is 17.1 Å². The molecular formula is C15H20N2O5S2. The molecule has 2 aliphatic rings. The van der Waals surface area contributed by atoms with Crippen LogP contribution in [0.3, 0.4) is 0 Å². The van der Waals surface area contributed by atoms with E-state index in [4.69, 9.17) is 0 Å². The highest BCUT2D eigenvalue weighted by Gasteiger charge is 2.52. The molecule has 3 heterocycles. The van der Waals surface area contributed by atoms with Gasteiger partial charge in [0.2, 0.25) is 5.91 Å². The minimum Gasteiger partial charge on any atom is -0.481 e. The molecule has 1 amide bonds. The molecule has 1 atom stereocenters. The van der Waals surface area contributed by atoms with Crippen LogP contribution in [0.15, 0.2) is 16.3 Å². The number of rotatable bonds is 4. The summed E-state index contributed by atoms with van der Waals surface area (Å²) in [5.74, 6) is -2.07. The Morgan fingerprint density at radius 1 is 1.42 bits per heavy atom. The minimum absolute atomic E-state index is 0.0349. The van der Waals surface area contributed by atoms with Crippen LogP contribution in [0.5, 0.6) is 0 Å². The molecule has 3 rings (SSSR count). The van der Waals surface area contributed by atoms with Crippen LogP contribution in [0.1, 0.15) is 31.1 Å². The van der Waals surface area contributed by atoms with Gasteiger partial charge in [-0.3, -0.25) is 9.59 Å². The summed E-state index contributed by atoms with van der Waals surface area (Å²) in [4.78, 5) is 24.1. The van der Waals surface area contributed by atoms with Crippen molar-refractivity contribution in [1.29, 1.82) is 0 Å². The quantitative estimate of drug-likeness (QED) is 0.822. The number of nitrogens with one attached hydrogen (secondary N) is 1. The number of aliphatic carboxylic acids is 1. The lowest BCUT2D eigenvalue weighted by Gasteiger charge is -2.40. The number of nitrogens with zero attached hydrogens (tertiary/aromatic N) is 1. The first-order chi connectivity index (χ1) is 11.3. The molecular weight excluding hydrogens is 352 g/mol.